The maximum absolute atomic E-state index is 10.7. The Labute approximate surface area is 123 Å². The van der Waals surface area contributed by atoms with Gasteiger partial charge in [-0.25, -0.2) is 0 Å². The maximum Gasteiger partial charge on any atom is 0.147 e. The molecule has 0 spiro atoms. The Bertz CT molecular complexity index is 408. The number of aliphatic hydroxyl groups is 1. The zero-order chi connectivity index (χ0) is 14.0. The molecule has 0 bridgehead atoms. The summed E-state index contributed by atoms with van der Waals surface area (Å²) in [7, 11) is 0. The molecule has 108 valence electrons. The summed E-state index contributed by atoms with van der Waals surface area (Å²) >= 11 is 3.43. The summed E-state index contributed by atoms with van der Waals surface area (Å²) in [4.78, 5) is 0. The Morgan fingerprint density at radius 3 is 2.53 bits per heavy atom. The SMILES string of the molecule is CC(C)C1CCC(CN)(C(O)c2occc2Br)CC1. The third-order valence-electron chi connectivity index (χ3n) is 4.85. The molecule has 0 saturated heterocycles. The van der Waals surface area contributed by atoms with Crippen molar-refractivity contribution in [2.45, 2.75) is 45.6 Å². The van der Waals surface area contributed by atoms with Crippen molar-refractivity contribution in [2.24, 2.45) is 23.0 Å². The molecule has 0 aliphatic heterocycles. The second kappa shape index (κ2) is 5.98. The first-order valence-corrected chi connectivity index (χ1v) is 7.90. The minimum atomic E-state index is -0.616. The first kappa shape index (κ1) is 15.1. The highest BCUT2D eigenvalue weighted by Crippen LogP contribution is 2.49. The molecule has 2 rings (SSSR count). The summed E-state index contributed by atoms with van der Waals surface area (Å²) < 4.78 is 6.26. The Kier molecular flexibility index (Phi) is 4.75. The Morgan fingerprint density at radius 2 is 2.11 bits per heavy atom. The van der Waals surface area contributed by atoms with Crippen LogP contribution in [0.4, 0.5) is 0 Å². The van der Waals surface area contributed by atoms with E-state index in [0.29, 0.717) is 18.2 Å². The Hall–Kier alpha value is -0.320. The molecule has 1 fully saturated rings. The molecule has 3 nitrogen and oxygen atoms in total. The van der Waals surface area contributed by atoms with Gasteiger partial charge in [-0.1, -0.05) is 13.8 Å². The Morgan fingerprint density at radius 1 is 1.47 bits per heavy atom. The molecular formula is C15H24BrNO2. The molecule has 1 unspecified atom stereocenters. The van der Waals surface area contributed by atoms with Crippen LogP contribution in [0.2, 0.25) is 0 Å². The number of furan rings is 1. The predicted octanol–water partition coefficient (Wildman–Crippen LogP) is 3.87. The van der Waals surface area contributed by atoms with E-state index in [9.17, 15) is 5.11 Å². The van der Waals surface area contributed by atoms with Crippen LogP contribution in [0.25, 0.3) is 0 Å². The smallest absolute Gasteiger partial charge is 0.147 e. The van der Waals surface area contributed by atoms with Gasteiger partial charge in [-0.05, 0) is 59.5 Å². The zero-order valence-electron chi connectivity index (χ0n) is 11.7. The van der Waals surface area contributed by atoms with E-state index in [-0.39, 0.29) is 5.41 Å². The number of hydrogen-bond acceptors (Lipinski definition) is 3. The topological polar surface area (TPSA) is 59.4 Å². The molecule has 1 aromatic heterocycles. The van der Waals surface area contributed by atoms with E-state index in [1.54, 1.807) is 6.26 Å². The van der Waals surface area contributed by atoms with Crippen LogP contribution in [-0.2, 0) is 0 Å². The van der Waals surface area contributed by atoms with Crippen molar-refractivity contribution in [3.8, 4) is 0 Å². The molecule has 1 saturated carbocycles. The van der Waals surface area contributed by atoms with Crippen LogP contribution in [0.1, 0.15) is 51.4 Å². The largest absolute Gasteiger partial charge is 0.465 e. The van der Waals surface area contributed by atoms with Crippen molar-refractivity contribution in [2.75, 3.05) is 6.54 Å². The highest BCUT2D eigenvalue weighted by atomic mass is 79.9. The number of rotatable bonds is 4. The normalized spacial score (nSPS) is 29.7. The van der Waals surface area contributed by atoms with Crippen LogP contribution in [0, 0.1) is 17.3 Å². The van der Waals surface area contributed by atoms with Crippen molar-refractivity contribution in [3.63, 3.8) is 0 Å². The summed E-state index contributed by atoms with van der Waals surface area (Å²) in [5, 5.41) is 10.7. The average Bonchev–Trinajstić information content (AvgIpc) is 2.84. The zero-order valence-corrected chi connectivity index (χ0v) is 13.3. The summed E-state index contributed by atoms with van der Waals surface area (Å²) in [5.74, 6) is 2.09. The fourth-order valence-electron chi connectivity index (χ4n) is 3.25. The van der Waals surface area contributed by atoms with E-state index in [2.05, 4.69) is 29.8 Å². The van der Waals surface area contributed by atoms with Gasteiger partial charge in [-0.3, -0.25) is 0 Å². The first-order chi connectivity index (χ1) is 9.00. The lowest BCUT2D eigenvalue weighted by Gasteiger charge is -2.43. The lowest BCUT2D eigenvalue weighted by atomic mass is 9.65. The minimum absolute atomic E-state index is 0.230. The predicted molar refractivity (Wildman–Crippen MR) is 79.7 cm³/mol. The van der Waals surface area contributed by atoms with Crippen LogP contribution in [0.3, 0.4) is 0 Å². The van der Waals surface area contributed by atoms with Crippen LogP contribution < -0.4 is 5.73 Å². The minimum Gasteiger partial charge on any atom is -0.465 e. The molecule has 0 amide bonds. The van der Waals surface area contributed by atoms with Gasteiger partial charge in [0.15, 0.2) is 0 Å². The van der Waals surface area contributed by atoms with Gasteiger partial charge < -0.3 is 15.3 Å². The second-order valence-electron chi connectivity index (χ2n) is 6.18. The molecule has 1 aliphatic rings. The summed E-state index contributed by atoms with van der Waals surface area (Å²) in [5.41, 5.74) is 5.77. The molecule has 4 heteroatoms. The van der Waals surface area contributed by atoms with Crippen LogP contribution >= 0.6 is 15.9 Å². The van der Waals surface area contributed by atoms with E-state index >= 15 is 0 Å². The maximum atomic E-state index is 10.7. The molecule has 19 heavy (non-hydrogen) atoms. The number of aliphatic hydroxyl groups excluding tert-OH is 1. The molecule has 1 heterocycles. The van der Waals surface area contributed by atoms with Crippen molar-refractivity contribution in [1.29, 1.82) is 0 Å². The quantitative estimate of drug-likeness (QED) is 0.881. The third kappa shape index (κ3) is 2.91. The number of nitrogens with two attached hydrogens (primary N) is 1. The van der Waals surface area contributed by atoms with Crippen LogP contribution in [0.5, 0.6) is 0 Å². The average molecular weight is 330 g/mol. The van der Waals surface area contributed by atoms with Crippen LogP contribution in [0.15, 0.2) is 21.2 Å². The van der Waals surface area contributed by atoms with Gasteiger partial charge >= 0.3 is 0 Å². The van der Waals surface area contributed by atoms with Gasteiger partial charge in [0, 0.05) is 12.0 Å². The summed E-state index contributed by atoms with van der Waals surface area (Å²) in [6.45, 7) is 5.06. The van der Waals surface area contributed by atoms with Gasteiger partial charge in [0.2, 0.25) is 0 Å². The fourth-order valence-corrected chi connectivity index (χ4v) is 3.67. The molecule has 1 atom stereocenters. The van der Waals surface area contributed by atoms with Crippen LogP contribution in [-0.4, -0.2) is 11.7 Å². The van der Waals surface area contributed by atoms with Crippen molar-refractivity contribution < 1.29 is 9.52 Å². The highest BCUT2D eigenvalue weighted by molar-refractivity contribution is 9.10. The van der Waals surface area contributed by atoms with E-state index in [1.165, 1.54) is 0 Å². The van der Waals surface area contributed by atoms with Gasteiger partial charge in [-0.2, -0.15) is 0 Å². The van der Waals surface area contributed by atoms with E-state index in [0.717, 1.165) is 36.1 Å². The highest BCUT2D eigenvalue weighted by Gasteiger charge is 2.43. The molecule has 3 N–H and O–H groups in total. The second-order valence-corrected chi connectivity index (χ2v) is 7.04. The molecule has 1 aliphatic carbocycles. The number of hydrogen-bond donors (Lipinski definition) is 2. The standard InChI is InChI=1S/C15H24BrNO2/c1-10(2)11-3-6-15(9-17,7-4-11)14(18)13-12(16)5-8-19-13/h5,8,10-11,14,18H,3-4,6-7,9,17H2,1-2H3. The van der Waals surface area contributed by atoms with Gasteiger partial charge in [0.1, 0.15) is 11.9 Å². The summed E-state index contributed by atoms with van der Waals surface area (Å²) in [6.07, 6.45) is 5.22. The molecule has 1 aromatic rings. The van der Waals surface area contributed by atoms with Crippen molar-refractivity contribution in [1.82, 2.24) is 0 Å². The summed E-state index contributed by atoms with van der Waals surface area (Å²) in [6, 6.07) is 1.82. The van der Waals surface area contributed by atoms with Crippen molar-refractivity contribution in [3.05, 3.63) is 22.6 Å². The van der Waals surface area contributed by atoms with Gasteiger partial charge in [0.05, 0.1) is 10.7 Å². The fraction of sp³-hybridized carbons (Fsp3) is 0.733. The van der Waals surface area contributed by atoms with E-state index < -0.39 is 6.10 Å². The molecule has 0 radical (unpaired) electrons. The molecule has 0 aromatic carbocycles. The lowest BCUT2D eigenvalue weighted by molar-refractivity contribution is -0.0274. The van der Waals surface area contributed by atoms with Crippen molar-refractivity contribution >= 4 is 15.9 Å². The van der Waals surface area contributed by atoms with Gasteiger partial charge in [-0.15, -0.1) is 0 Å². The lowest BCUT2D eigenvalue weighted by Crippen LogP contribution is -2.40. The van der Waals surface area contributed by atoms with E-state index in [1.807, 2.05) is 6.07 Å². The third-order valence-corrected chi connectivity index (χ3v) is 5.50. The van der Waals surface area contributed by atoms with E-state index in [4.69, 9.17) is 10.2 Å². The first-order valence-electron chi connectivity index (χ1n) is 7.11. The molecular weight excluding hydrogens is 306 g/mol. The Balaban J connectivity index is 2.14. The number of halogens is 1. The van der Waals surface area contributed by atoms with Gasteiger partial charge in [0.25, 0.3) is 0 Å². The monoisotopic (exact) mass is 329 g/mol.